The van der Waals surface area contributed by atoms with Gasteiger partial charge < -0.3 is 24.8 Å². The second-order valence-electron chi connectivity index (χ2n) is 6.76. The molecule has 0 radical (unpaired) electrons. The summed E-state index contributed by atoms with van der Waals surface area (Å²) in [5.41, 5.74) is 0.763. The summed E-state index contributed by atoms with van der Waals surface area (Å²) < 4.78 is 16.4. The van der Waals surface area contributed by atoms with Gasteiger partial charge in [0.1, 0.15) is 6.10 Å². The van der Waals surface area contributed by atoms with Gasteiger partial charge in [0, 0.05) is 25.1 Å². The van der Waals surface area contributed by atoms with Gasteiger partial charge in [0.15, 0.2) is 5.79 Å². The number of hydrogen-bond donors (Lipinski definition) is 2. The summed E-state index contributed by atoms with van der Waals surface area (Å²) in [5, 5.41) is 5.06. The highest BCUT2D eigenvalue weighted by Gasteiger charge is 2.42. The molecule has 1 atom stereocenters. The number of nitrogens with one attached hydrogen (secondary N) is 2. The van der Waals surface area contributed by atoms with Crippen molar-refractivity contribution < 1.29 is 28.6 Å². The van der Waals surface area contributed by atoms with Crippen LogP contribution in [0.5, 0.6) is 0 Å². The lowest BCUT2D eigenvalue weighted by Crippen LogP contribution is -2.41. The van der Waals surface area contributed by atoms with Crippen molar-refractivity contribution in [2.24, 2.45) is 0 Å². The highest BCUT2D eigenvalue weighted by atomic mass is 16.7. The average molecular weight is 376 g/mol. The van der Waals surface area contributed by atoms with Gasteiger partial charge in [-0.1, -0.05) is 6.42 Å². The summed E-state index contributed by atoms with van der Waals surface area (Å²) in [6.07, 6.45) is 4.85. The standard InChI is InChI=1S/C19H24N2O6/c1-25-18(24)13-5-7-14(8-6-13)21-17(23)16(22)20-11-15-12-26-19(27-15)9-3-2-4-10-19/h5-8,15H,2-4,9-12H2,1H3,(H,20,22)(H,21,23). The van der Waals surface area contributed by atoms with Crippen LogP contribution in [0.1, 0.15) is 42.5 Å². The molecule has 1 heterocycles. The quantitative estimate of drug-likeness (QED) is 0.611. The second-order valence-corrected chi connectivity index (χ2v) is 6.76. The molecule has 8 nitrogen and oxygen atoms in total. The van der Waals surface area contributed by atoms with Crippen molar-refractivity contribution in [1.82, 2.24) is 5.32 Å². The zero-order valence-electron chi connectivity index (χ0n) is 15.3. The summed E-state index contributed by atoms with van der Waals surface area (Å²) in [4.78, 5) is 35.4. The maximum Gasteiger partial charge on any atom is 0.337 e. The number of carbonyl (C=O) groups is 3. The SMILES string of the molecule is COC(=O)c1ccc(NC(=O)C(=O)NCC2COC3(CCCCC3)O2)cc1. The van der Waals surface area contributed by atoms with Crippen molar-refractivity contribution in [1.29, 1.82) is 0 Å². The number of rotatable bonds is 4. The fourth-order valence-corrected chi connectivity index (χ4v) is 3.35. The number of benzene rings is 1. The molecule has 2 N–H and O–H groups in total. The third-order valence-electron chi connectivity index (χ3n) is 4.79. The fourth-order valence-electron chi connectivity index (χ4n) is 3.35. The molecule has 8 heteroatoms. The van der Waals surface area contributed by atoms with Crippen molar-refractivity contribution in [3.63, 3.8) is 0 Å². The first-order chi connectivity index (χ1) is 13.0. The molecule has 2 fully saturated rings. The molecule has 2 amide bonds. The molecule has 1 spiro atoms. The Morgan fingerprint density at radius 3 is 2.48 bits per heavy atom. The first kappa shape index (κ1) is 19.3. The molecular weight excluding hydrogens is 352 g/mol. The van der Waals surface area contributed by atoms with Crippen LogP contribution in [0.15, 0.2) is 24.3 Å². The van der Waals surface area contributed by atoms with Crippen molar-refractivity contribution in [3.05, 3.63) is 29.8 Å². The van der Waals surface area contributed by atoms with Gasteiger partial charge >= 0.3 is 17.8 Å². The number of methoxy groups -OCH3 is 1. The van der Waals surface area contributed by atoms with Crippen molar-refractivity contribution in [3.8, 4) is 0 Å². The van der Waals surface area contributed by atoms with E-state index in [0.717, 1.165) is 25.7 Å². The lowest BCUT2D eigenvalue weighted by molar-refractivity contribution is -0.186. The first-order valence-electron chi connectivity index (χ1n) is 9.11. The molecule has 1 unspecified atom stereocenters. The molecule has 1 aliphatic carbocycles. The van der Waals surface area contributed by atoms with Crippen LogP contribution in [0, 0.1) is 0 Å². The van der Waals surface area contributed by atoms with Crippen LogP contribution in [0.4, 0.5) is 5.69 Å². The van der Waals surface area contributed by atoms with Crippen LogP contribution in [0.2, 0.25) is 0 Å². The lowest BCUT2D eigenvalue weighted by Gasteiger charge is -2.31. The summed E-state index contributed by atoms with van der Waals surface area (Å²) in [6.45, 7) is 0.631. The summed E-state index contributed by atoms with van der Waals surface area (Å²) in [6, 6.07) is 6.07. The summed E-state index contributed by atoms with van der Waals surface area (Å²) >= 11 is 0. The largest absolute Gasteiger partial charge is 0.465 e. The zero-order valence-corrected chi connectivity index (χ0v) is 15.3. The van der Waals surface area contributed by atoms with E-state index >= 15 is 0 Å². The Labute approximate surface area is 157 Å². The van der Waals surface area contributed by atoms with Gasteiger partial charge in [0.2, 0.25) is 0 Å². The number of anilines is 1. The molecule has 146 valence electrons. The Morgan fingerprint density at radius 1 is 1.11 bits per heavy atom. The number of ether oxygens (including phenoxy) is 3. The maximum atomic E-state index is 12.0. The van der Waals surface area contributed by atoms with Crippen molar-refractivity contribution in [2.45, 2.75) is 44.0 Å². The van der Waals surface area contributed by atoms with Crippen LogP contribution in [-0.4, -0.2) is 49.9 Å². The third kappa shape index (κ3) is 4.84. The van der Waals surface area contributed by atoms with Crippen LogP contribution in [0.3, 0.4) is 0 Å². The monoisotopic (exact) mass is 376 g/mol. The average Bonchev–Trinajstić information content (AvgIpc) is 3.08. The Kier molecular flexibility index (Phi) is 6.08. The highest BCUT2D eigenvalue weighted by Crippen LogP contribution is 2.37. The topological polar surface area (TPSA) is 103 Å². The molecule has 1 saturated heterocycles. The van der Waals surface area contributed by atoms with Crippen LogP contribution in [-0.2, 0) is 23.8 Å². The molecule has 0 bridgehead atoms. The van der Waals surface area contributed by atoms with Gasteiger partial charge in [-0.3, -0.25) is 9.59 Å². The van der Waals surface area contributed by atoms with E-state index in [1.54, 1.807) is 0 Å². The predicted octanol–water partition coefficient (Wildman–Crippen LogP) is 1.60. The van der Waals surface area contributed by atoms with Crippen LogP contribution >= 0.6 is 0 Å². The molecule has 2 aliphatic rings. The molecule has 27 heavy (non-hydrogen) atoms. The van der Waals surface area contributed by atoms with E-state index < -0.39 is 23.6 Å². The van der Waals surface area contributed by atoms with Gasteiger partial charge in [0.05, 0.1) is 19.3 Å². The van der Waals surface area contributed by atoms with E-state index in [0.29, 0.717) is 17.9 Å². The fraction of sp³-hybridized carbons (Fsp3) is 0.526. The van der Waals surface area contributed by atoms with Crippen LogP contribution in [0.25, 0.3) is 0 Å². The summed E-state index contributed by atoms with van der Waals surface area (Å²) in [5.74, 6) is -2.51. The lowest BCUT2D eigenvalue weighted by atomic mass is 9.94. The number of carbonyl (C=O) groups excluding carboxylic acids is 3. The number of esters is 1. The Bertz CT molecular complexity index is 697. The Morgan fingerprint density at radius 2 is 1.81 bits per heavy atom. The zero-order chi connectivity index (χ0) is 19.3. The van der Waals surface area contributed by atoms with Gasteiger partial charge in [-0.2, -0.15) is 0 Å². The second kappa shape index (κ2) is 8.49. The van der Waals surface area contributed by atoms with E-state index in [9.17, 15) is 14.4 Å². The molecule has 1 aromatic rings. The third-order valence-corrected chi connectivity index (χ3v) is 4.79. The first-order valence-corrected chi connectivity index (χ1v) is 9.11. The normalized spacial score (nSPS) is 20.9. The summed E-state index contributed by atoms with van der Waals surface area (Å²) in [7, 11) is 1.29. The minimum Gasteiger partial charge on any atom is -0.465 e. The smallest absolute Gasteiger partial charge is 0.337 e. The molecule has 0 aromatic heterocycles. The minimum atomic E-state index is -0.785. The molecule has 1 saturated carbocycles. The van der Waals surface area contributed by atoms with Gasteiger partial charge in [0.25, 0.3) is 0 Å². The van der Waals surface area contributed by atoms with Gasteiger partial charge in [-0.25, -0.2) is 4.79 Å². The van der Waals surface area contributed by atoms with Crippen LogP contribution < -0.4 is 10.6 Å². The molecule has 1 aliphatic heterocycles. The molecular formula is C19H24N2O6. The van der Waals surface area contributed by atoms with E-state index in [1.165, 1.54) is 37.8 Å². The van der Waals surface area contributed by atoms with Crippen molar-refractivity contribution >= 4 is 23.5 Å². The van der Waals surface area contributed by atoms with Gasteiger partial charge in [-0.15, -0.1) is 0 Å². The Hall–Kier alpha value is -2.45. The minimum absolute atomic E-state index is 0.218. The number of amides is 2. The van der Waals surface area contributed by atoms with E-state index in [1.807, 2.05) is 0 Å². The molecule has 1 aromatic carbocycles. The highest BCUT2D eigenvalue weighted by molar-refractivity contribution is 6.39. The van der Waals surface area contributed by atoms with Gasteiger partial charge in [-0.05, 0) is 37.1 Å². The van der Waals surface area contributed by atoms with Crippen molar-refractivity contribution in [2.75, 3.05) is 25.6 Å². The molecule has 3 rings (SSSR count). The van der Waals surface area contributed by atoms with E-state index in [2.05, 4.69) is 15.4 Å². The van der Waals surface area contributed by atoms with E-state index in [-0.39, 0.29) is 12.6 Å². The predicted molar refractivity (Wildman–Crippen MR) is 96.1 cm³/mol. The van der Waals surface area contributed by atoms with E-state index in [4.69, 9.17) is 9.47 Å². The maximum absolute atomic E-state index is 12.0. The Balaban J connectivity index is 1.44. The number of hydrogen-bond acceptors (Lipinski definition) is 6.